The normalized spacial score (nSPS) is 11.4. The van der Waals surface area contributed by atoms with Gasteiger partial charge >= 0.3 is 0 Å². The van der Waals surface area contributed by atoms with Gasteiger partial charge < -0.3 is 18.3 Å². The Labute approximate surface area is 148 Å². The van der Waals surface area contributed by atoms with E-state index in [2.05, 4.69) is 4.98 Å². The summed E-state index contributed by atoms with van der Waals surface area (Å²) in [6.07, 6.45) is 6.47. The van der Waals surface area contributed by atoms with E-state index in [9.17, 15) is 9.59 Å². The fraction of sp³-hybridized carbons (Fsp3) is 0.211. The van der Waals surface area contributed by atoms with E-state index < -0.39 is 0 Å². The first-order valence-electron chi connectivity index (χ1n) is 8.21. The second-order valence-electron chi connectivity index (χ2n) is 5.98. The maximum absolute atomic E-state index is 12.8. The number of fused-ring (bicyclic) bond motifs is 3. The summed E-state index contributed by atoms with van der Waals surface area (Å²) < 4.78 is 13.5. The van der Waals surface area contributed by atoms with Crippen molar-refractivity contribution in [2.24, 2.45) is 0 Å². The van der Waals surface area contributed by atoms with Crippen LogP contribution in [0.4, 0.5) is 0 Å². The quantitative estimate of drug-likeness (QED) is 0.514. The molecule has 0 amide bonds. The monoisotopic (exact) mass is 351 g/mol. The SMILES string of the molecule is COCCn1ccc2ncc3c(=O)n(Cc4ccco4)ccc3c2c1=O. The molecule has 4 aromatic rings. The van der Waals surface area contributed by atoms with Gasteiger partial charge in [-0.1, -0.05) is 0 Å². The summed E-state index contributed by atoms with van der Waals surface area (Å²) in [5.74, 6) is 0.683. The van der Waals surface area contributed by atoms with Crippen LogP contribution in [0.15, 0.2) is 63.1 Å². The molecule has 4 aromatic heterocycles. The lowest BCUT2D eigenvalue weighted by Crippen LogP contribution is -2.24. The zero-order chi connectivity index (χ0) is 18.1. The number of furan rings is 1. The average molecular weight is 351 g/mol. The van der Waals surface area contributed by atoms with Gasteiger partial charge in [0.25, 0.3) is 11.1 Å². The Morgan fingerprint density at radius 3 is 2.69 bits per heavy atom. The first-order valence-corrected chi connectivity index (χ1v) is 8.21. The third-order valence-electron chi connectivity index (χ3n) is 4.39. The molecule has 0 aromatic carbocycles. The molecule has 0 bridgehead atoms. The molecule has 0 radical (unpaired) electrons. The van der Waals surface area contributed by atoms with Gasteiger partial charge in [0, 0.05) is 37.6 Å². The Bertz CT molecular complexity index is 1190. The van der Waals surface area contributed by atoms with Crippen LogP contribution < -0.4 is 11.1 Å². The topological polar surface area (TPSA) is 79.3 Å². The number of aromatic nitrogens is 3. The Morgan fingerprint density at radius 1 is 1.08 bits per heavy atom. The van der Waals surface area contributed by atoms with Crippen LogP contribution in [0, 0.1) is 0 Å². The smallest absolute Gasteiger partial charge is 0.260 e. The molecule has 0 saturated carbocycles. The molecule has 0 aliphatic heterocycles. The fourth-order valence-corrected chi connectivity index (χ4v) is 3.05. The minimum Gasteiger partial charge on any atom is -0.467 e. The van der Waals surface area contributed by atoms with Crippen molar-refractivity contribution in [1.82, 2.24) is 14.1 Å². The molecule has 0 atom stereocenters. The number of rotatable bonds is 5. The molecule has 4 heterocycles. The first-order chi connectivity index (χ1) is 12.7. The summed E-state index contributed by atoms with van der Waals surface area (Å²) in [4.78, 5) is 30.0. The van der Waals surface area contributed by atoms with E-state index in [1.165, 1.54) is 6.20 Å². The van der Waals surface area contributed by atoms with Gasteiger partial charge in [0.05, 0.1) is 35.7 Å². The van der Waals surface area contributed by atoms with E-state index in [0.29, 0.717) is 47.1 Å². The predicted molar refractivity (Wildman–Crippen MR) is 97.5 cm³/mol. The first kappa shape index (κ1) is 16.3. The molecular formula is C19H17N3O4. The molecule has 7 nitrogen and oxygen atoms in total. The number of methoxy groups -OCH3 is 1. The molecule has 0 unspecified atom stereocenters. The van der Waals surface area contributed by atoms with Crippen LogP contribution in [0.5, 0.6) is 0 Å². The molecule has 0 spiro atoms. The van der Waals surface area contributed by atoms with Gasteiger partial charge in [-0.3, -0.25) is 14.6 Å². The van der Waals surface area contributed by atoms with Crippen molar-refractivity contribution in [2.75, 3.05) is 13.7 Å². The molecule has 4 rings (SSSR count). The summed E-state index contributed by atoms with van der Waals surface area (Å²) in [6, 6.07) is 7.15. The molecule has 0 fully saturated rings. The van der Waals surface area contributed by atoms with E-state index in [0.717, 1.165) is 0 Å². The van der Waals surface area contributed by atoms with E-state index in [4.69, 9.17) is 9.15 Å². The summed E-state index contributed by atoms with van der Waals surface area (Å²) in [5, 5.41) is 1.46. The molecule has 7 heteroatoms. The van der Waals surface area contributed by atoms with Gasteiger partial charge in [-0.25, -0.2) is 0 Å². The van der Waals surface area contributed by atoms with Gasteiger partial charge in [0.15, 0.2) is 0 Å². The largest absolute Gasteiger partial charge is 0.467 e. The van der Waals surface area contributed by atoms with E-state index in [1.807, 2.05) is 6.07 Å². The Kier molecular flexibility index (Phi) is 4.14. The zero-order valence-corrected chi connectivity index (χ0v) is 14.2. The fourth-order valence-electron chi connectivity index (χ4n) is 3.05. The van der Waals surface area contributed by atoms with E-state index in [1.54, 1.807) is 53.1 Å². The average Bonchev–Trinajstić information content (AvgIpc) is 3.16. The maximum atomic E-state index is 12.8. The van der Waals surface area contributed by atoms with Crippen molar-refractivity contribution in [3.63, 3.8) is 0 Å². The maximum Gasteiger partial charge on any atom is 0.260 e. The second kappa shape index (κ2) is 6.61. The summed E-state index contributed by atoms with van der Waals surface area (Å²) in [5.41, 5.74) is 0.181. The highest BCUT2D eigenvalue weighted by atomic mass is 16.5. The van der Waals surface area contributed by atoms with Crippen LogP contribution in [0.2, 0.25) is 0 Å². The van der Waals surface area contributed by atoms with Gasteiger partial charge in [0.2, 0.25) is 0 Å². The van der Waals surface area contributed by atoms with Crippen molar-refractivity contribution < 1.29 is 9.15 Å². The van der Waals surface area contributed by atoms with Crippen LogP contribution in [-0.4, -0.2) is 27.8 Å². The van der Waals surface area contributed by atoms with Crippen LogP contribution >= 0.6 is 0 Å². The highest BCUT2D eigenvalue weighted by Crippen LogP contribution is 2.18. The van der Waals surface area contributed by atoms with E-state index in [-0.39, 0.29) is 11.1 Å². The van der Waals surface area contributed by atoms with Crippen molar-refractivity contribution >= 4 is 21.7 Å². The molecule has 132 valence electrons. The van der Waals surface area contributed by atoms with E-state index >= 15 is 0 Å². The third kappa shape index (κ3) is 2.72. The lowest BCUT2D eigenvalue weighted by atomic mass is 10.1. The number of pyridine rings is 3. The van der Waals surface area contributed by atoms with Crippen LogP contribution in [0.1, 0.15) is 5.76 Å². The number of nitrogens with zero attached hydrogens (tertiary/aromatic N) is 3. The zero-order valence-electron chi connectivity index (χ0n) is 14.2. The summed E-state index contributed by atoms with van der Waals surface area (Å²) in [6.45, 7) is 1.20. The highest BCUT2D eigenvalue weighted by molar-refractivity contribution is 6.04. The minimum atomic E-state index is -0.208. The molecule has 0 aliphatic rings. The Morgan fingerprint density at radius 2 is 1.92 bits per heavy atom. The molecular weight excluding hydrogens is 334 g/mol. The third-order valence-corrected chi connectivity index (χ3v) is 4.39. The van der Waals surface area contributed by atoms with Crippen molar-refractivity contribution in [2.45, 2.75) is 13.1 Å². The summed E-state index contributed by atoms with van der Waals surface area (Å²) >= 11 is 0. The van der Waals surface area contributed by atoms with Crippen LogP contribution in [0.25, 0.3) is 21.7 Å². The van der Waals surface area contributed by atoms with Gasteiger partial charge in [0.1, 0.15) is 5.76 Å². The lowest BCUT2D eigenvalue weighted by molar-refractivity contribution is 0.186. The van der Waals surface area contributed by atoms with Crippen molar-refractivity contribution in [3.05, 3.63) is 75.6 Å². The molecule has 0 aliphatic carbocycles. The second-order valence-corrected chi connectivity index (χ2v) is 5.98. The number of hydrogen-bond acceptors (Lipinski definition) is 5. The Balaban J connectivity index is 1.91. The van der Waals surface area contributed by atoms with Crippen molar-refractivity contribution in [1.29, 1.82) is 0 Å². The molecule has 26 heavy (non-hydrogen) atoms. The van der Waals surface area contributed by atoms with Crippen LogP contribution in [-0.2, 0) is 17.8 Å². The van der Waals surface area contributed by atoms with Crippen molar-refractivity contribution in [3.8, 4) is 0 Å². The molecule has 0 saturated heterocycles. The highest BCUT2D eigenvalue weighted by Gasteiger charge is 2.12. The lowest BCUT2D eigenvalue weighted by Gasteiger charge is -2.09. The molecule has 0 N–H and O–H groups in total. The van der Waals surface area contributed by atoms with Gasteiger partial charge in [-0.15, -0.1) is 0 Å². The van der Waals surface area contributed by atoms with Gasteiger partial charge in [-0.05, 0) is 24.3 Å². The number of ether oxygens (including phenoxy) is 1. The standard InChI is InChI=1S/C19H17N3O4/c1-25-10-8-21-7-5-16-17(19(21)24)14-4-6-22(12-13-3-2-9-26-13)18(23)15(14)11-20-16/h2-7,9,11H,8,10,12H2,1H3. The van der Waals surface area contributed by atoms with Crippen LogP contribution in [0.3, 0.4) is 0 Å². The predicted octanol–water partition coefficient (Wildman–Crippen LogP) is 2.00. The summed E-state index contributed by atoms with van der Waals surface area (Å²) in [7, 11) is 1.59. The van der Waals surface area contributed by atoms with Gasteiger partial charge in [-0.2, -0.15) is 0 Å². The number of hydrogen-bond donors (Lipinski definition) is 0. The minimum absolute atomic E-state index is 0.180. The Hall–Kier alpha value is -3.19.